The first-order valence-corrected chi connectivity index (χ1v) is 10.3. The Kier molecular flexibility index (Phi) is 4.80. The van der Waals surface area contributed by atoms with Gasteiger partial charge in [-0.15, -0.1) is 0 Å². The summed E-state index contributed by atoms with van der Waals surface area (Å²) >= 11 is 0. The van der Waals surface area contributed by atoms with Gasteiger partial charge in [-0.05, 0) is 74.6 Å². The molecule has 4 nitrogen and oxygen atoms in total. The van der Waals surface area contributed by atoms with E-state index in [9.17, 15) is 23.5 Å². The Morgan fingerprint density at radius 2 is 1.72 bits per heavy atom. The van der Waals surface area contributed by atoms with Crippen LogP contribution in [0.25, 0.3) is 17.0 Å². The Morgan fingerprint density at radius 1 is 1.06 bits per heavy atom. The molecule has 0 aliphatic heterocycles. The van der Waals surface area contributed by atoms with Crippen LogP contribution in [0.5, 0.6) is 0 Å². The minimum absolute atomic E-state index is 0.139. The number of halogens is 3. The van der Waals surface area contributed by atoms with Crippen molar-refractivity contribution in [1.82, 2.24) is 9.55 Å². The average molecular weight is 439 g/mol. The third-order valence-electron chi connectivity index (χ3n) is 6.98. The highest BCUT2D eigenvalue weighted by Crippen LogP contribution is 2.52. The smallest absolute Gasteiger partial charge is 0.372 e. The van der Waals surface area contributed by atoms with Gasteiger partial charge in [0.25, 0.3) is 0 Å². The number of nitrogens with zero attached hydrogens (tertiary/aromatic N) is 3. The van der Waals surface area contributed by atoms with Crippen molar-refractivity contribution in [2.45, 2.75) is 52.8 Å². The highest BCUT2D eigenvalue weighted by molar-refractivity contribution is 5.91. The van der Waals surface area contributed by atoms with Crippen LogP contribution < -0.4 is 0 Å². The second kappa shape index (κ2) is 6.94. The number of nitriles is 1. The monoisotopic (exact) mass is 439 g/mol. The van der Waals surface area contributed by atoms with Gasteiger partial charge in [0.2, 0.25) is 5.60 Å². The van der Waals surface area contributed by atoms with E-state index in [-0.39, 0.29) is 17.6 Å². The molecule has 0 saturated carbocycles. The molecule has 166 valence electrons. The van der Waals surface area contributed by atoms with Crippen molar-refractivity contribution in [1.29, 1.82) is 5.26 Å². The summed E-state index contributed by atoms with van der Waals surface area (Å²) in [6, 6.07) is 3.71. The fourth-order valence-electron chi connectivity index (χ4n) is 5.07. The Labute approximate surface area is 184 Å². The van der Waals surface area contributed by atoms with E-state index >= 15 is 0 Å². The Balaban J connectivity index is 2.07. The number of benzene rings is 1. The molecule has 1 atom stereocenters. The first-order chi connectivity index (χ1) is 14.8. The quantitative estimate of drug-likeness (QED) is 0.583. The second-order valence-corrected chi connectivity index (χ2v) is 8.66. The molecule has 1 aliphatic carbocycles. The molecule has 0 spiro atoms. The minimum Gasteiger partial charge on any atom is -0.372 e. The largest absolute Gasteiger partial charge is 0.425 e. The lowest BCUT2D eigenvalue weighted by Crippen LogP contribution is -2.45. The van der Waals surface area contributed by atoms with Gasteiger partial charge in [0, 0.05) is 36.2 Å². The number of fused-ring (bicyclic) bond motifs is 2. The third kappa shape index (κ3) is 2.75. The Hall–Kier alpha value is -3.11. The molecule has 1 unspecified atom stereocenters. The number of hydrogen-bond donors (Lipinski definition) is 1. The molecule has 3 aromatic rings. The van der Waals surface area contributed by atoms with Crippen molar-refractivity contribution in [2.75, 3.05) is 0 Å². The highest BCUT2D eigenvalue weighted by atomic mass is 19.4. The molecule has 0 radical (unpaired) electrons. The zero-order valence-corrected chi connectivity index (χ0v) is 18.9. The van der Waals surface area contributed by atoms with Crippen LogP contribution >= 0.6 is 0 Å². The summed E-state index contributed by atoms with van der Waals surface area (Å²) in [5.41, 5.74) is 1.50. The van der Waals surface area contributed by atoms with E-state index in [0.717, 1.165) is 5.56 Å². The minimum atomic E-state index is -4.96. The van der Waals surface area contributed by atoms with E-state index in [0.29, 0.717) is 50.1 Å². The van der Waals surface area contributed by atoms with Crippen molar-refractivity contribution in [3.05, 3.63) is 68.2 Å². The number of rotatable bonds is 2. The van der Waals surface area contributed by atoms with Crippen LogP contribution in [0.2, 0.25) is 0 Å². The van der Waals surface area contributed by atoms with Gasteiger partial charge in [-0.1, -0.05) is 0 Å². The lowest BCUT2D eigenvalue weighted by atomic mass is 9.78. The van der Waals surface area contributed by atoms with Crippen LogP contribution in [0.15, 0.2) is 17.8 Å². The fraction of sp³-hybridized carbons (Fsp3) is 0.360. The van der Waals surface area contributed by atoms with E-state index < -0.39 is 11.8 Å². The summed E-state index contributed by atoms with van der Waals surface area (Å²) in [4.78, 5) is 4.39. The summed E-state index contributed by atoms with van der Waals surface area (Å²) in [6.07, 6.45) is -2.02. The lowest BCUT2D eigenvalue weighted by Gasteiger charge is -2.35. The van der Waals surface area contributed by atoms with Gasteiger partial charge >= 0.3 is 6.18 Å². The maximum atomic E-state index is 14.8. The number of aliphatic hydroxyl groups is 1. The van der Waals surface area contributed by atoms with Gasteiger partial charge in [-0.25, -0.2) is 0 Å². The van der Waals surface area contributed by atoms with Crippen LogP contribution in [0.3, 0.4) is 0 Å². The number of alkyl halides is 3. The molecular weight excluding hydrogens is 415 g/mol. The lowest BCUT2D eigenvalue weighted by molar-refractivity contribution is -0.249. The van der Waals surface area contributed by atoms with E-state index in [1.807, 2.05) is 6.92 Å². The fourth-order valence-corrected chi connectivity index (χ4v) is 5.07. The molecule has 0 fully saturated rings. The third-order valence-corrected chi connectivity index (χ3v) is 6.98. The standard InChI is InChI=1S/C25H24F3N3O/c1-12-13(2)22(18-7-8-31(6)23(18)14(12)3)24(32,25(26,27)28)17-9-19-15(4)20(11-29)16(5)30-21(19)10-17/h7-9,32H,10H2,1-6H3. The van der Waals surface area contributed by atoms with Crippen molar-refractivity contribution in [3.8, 4) is 6.07 Å². The van der Waals surface area contributed by atoms with Gasteiger partial charge in [-0.3, -0.25) is 4.98 Å². The molecule has 32 heavy (non-hydrogen) atoms. The van der Waals surface area contributed by atoms with Gasteiger partial charge < -0.3 is 9.67 Å². The molecular formula is C25H24F3N3O. The number of aryl methyl sites for hydroxylation is 3. The summed E-state index contributed by atoms with van der Waals surface area (Å²) in [7, 11) is 1.78. The van der Waals surface area contributed by atoms with E-state index in [1.54, 1.807) is 51.6 Å². The van der Waals surface area contributed by atoms with E-state index in [2.05, 4.69) is 11.1 Å². The summed E-state index contributed by atoms with van der Waals surface area (Å²) in [5.74, 6) is 0. The van der Waals surface area contributed by atoms with Gasteiger partial charge in [-0.2, -0.15) is 18.4 Å². The van der Waals surface area contributed by atoms with Gasteiger partial charge in [0.1, 0.15) is 6.07 Å². The first kappa shape index (κ1) is 22.1. The molecule has 0 bridgehead atoms. The zero-order chi connectivity index (χ0) is 23.7. The Bertz CT molecular complexity index is 1370. The van der Waals surface area contributed by atoms with Crippen LogP contribution in [0.1, 0.15) is 50.3 Å². The van der Waals surface area contributed by atoms with Crippen LogP contribution in [-0.4, -0.2) is 20.8 Å². The van der Waals surface area contributed by atoms with Crippen LogP contribution in [0, 0.1) is 45.9 Å². The van der Waals surface area contributed by atoms with Crippen molar-refractivity contribution in [2.24, 2.45) is 7.05 Å². The van der Waals surface area contributed by atoms with Gasteiger partial charge in [0.15, 0.2) is 0 Å². The van der Waals surface area contributed by atoms with E-state index in [4.69, 9.17) is 0 Å². The number of pyridine rings is 1. The molecule has 7 heteroatoms. The van der Waals surface area contributed by atoms with Crippen LogP contribution in [0.4, 0.5) is 13.2 Å². The predicted octanol–water partition coefficient (Wildman–Crippen LogP) is 5.38. The normalized spacial score (nSPS) is 15.5. The average Bonchev–Trinajstić information content (AvgIpc) is 3.30. The number of hydrogen-bond acceptors (Lipinski definition) is 3. The van der Waals surface area contributed by atoms with Crippen molar-refractivity contribution < 1.29 is 18.3 Å². The molecule has 0 amide bonds. The molecule has 1 aromatic carbocycles. The maximum absolute atomic E-state index is 14.8. The molecule has 1 aliphatic rings. The Morgan fingerprint density at radius 3 is 2.31 bits per heavy atom. The second-order valence-electron chi connectivity index (χ2n) is 8.66. The number of aromatic nitrogens is 2. The predicted molar refractivity (Wildman–Crippen MR) is 117 cm³/mol. The van der Waals surface area contributed by atoms with Gasteiger partial charge in [0.05, 0.1) is 22.5 Å². The van der Waals surface area contributed by atoms with Crippen LogP contribution in [-0.2, 0) is 19.1 Å². The van der Waals surface area contributed by atoms with Crippen molar-refractivity contribution >= 4 is 17.0 Å². The summed E-state index contributed by atoms with van der Waals surface area (Å²) < 4.78 is 46.1. The summed E-state index contributed by atoms with van der Waals surface area (Å²) in [6.45, 7) is 8.66. The molecule has 1 N–H and O–H groups in total. The molecule has 2 heterocycles. The first-order valence-electron chi connectivity index (χ1n) is 10.3. The molecule has 4 rings (SSSR count). The van der Waals surface area contributed by atoms with E-state index in [1.165, 1.54) is 6.08 Å². The van der Waals surface area contributed by atoms with Crippen molar-refractivity contribution in [3.63, 3.8) is 0 Å². The maximum Gasteiger partial charge on any atom is 0.425 e. The molecule has 2 aromatic heterocycles. The molecule has 0 saturated heterocycles. The SMILES string of the molecule is Cc1nc2c(c(C)c1C#N)C=C(C(O)(c1c(C)c(C)c(C)c3c1ccn3C)C(F)(F)F)C2. The zero-order valence-electron chi connectivity index (χ0n) is 18.9. The summed E-state index contributed by atoms with van der Waals surface area (Å²) in [5, 5.41) is 21.4. The topological polar surface area (TPSA) is 61.8 Å². The highest BCUT2D eigenvalue weighted by Gasteiger charge is 2.59.